The summed E-state index contributed by atoms with van der Waals surface area (Å²) in [5.41, 5.74) is 2.61. The number of ketones is 2. The van der Waals surface area contributed by atoms with Gasteiger partial charge >= 0.3 is 0 Å². The van der Waals surface area contributed by atoms with Gasteiger partial charge in [-0.05, 0) is 41.0 Å². The normalized spacial score (nSPS) is 24.2. The Labute approximate surface area is 230 Å². The van der Waals surface area contributed by atoms with E-state index in [-0.39, 0.29) is 22.5 Å². The number of nitrogens with one attached hydrogen (secondary N) is 1. The standard InChI is InChI=1S/C33H23ClN2O3/c34-25-16-8-6-14-23(25)30(38)27-28(29(37)21-11-2-1-3-12-21)36-19-18-20-10-4-5-13-22(20)31(36)33(27)24-15-7-9-17-26(24)35-32(33)39/h1-19,27-28,31H,(H,35,39)/t27-,28+,31-,33+/m1/s1. The molecule has 0 saturated carbocycles. The first-order valence-electron chi connectivity index (χ1n) is 12.9. The highest BCUT2D eigenvalue weighted by atomic mass is 35.5. The molecule has 1 spiro atoms. The third-order valence-electron chi connectivity index (χ3n) is 8.32. The zero-order valence-electron chi connectivity index (χ0n) is 20.8. The molecule has 1 N–H and O–H groups in total. The molecule has 1 saturated heterocycles. The van der Waals surface area contributed by atoms with Gasteiger partial charge in [0.1, 0.15) is 11.5 Å². The fourth-order valence-corrected chi connectivity index (χ4v) is 7.00. The fourth-order valence-electron chi connectivity index (χ4n) is 6.77. The minimum Gasteiger partial charge on any atom is -0.358 e. The number of carbonyl (C=O) groups excluding carboxylic acids is 3. The molecule has 0 aromatic heterocycles. The molecule has 0 bridgehead atoms. The van der Waals surface area contributed by atoms with Gasteiger partial charge in [-0.3, -0.25) is 14.4 Å². The van der Waals surface area contributed by atoms with Crippen molar-refractivity contribution in [3.63, 3.8) is 0 Å². The molecular weight excluding hydrogens is 508 g/mol. The molecule has 0 unspecified atom stereocenters. The van der Waals surface area contributed by atoms with Crippen LogP contribution in [0.2, 0.25) is 5.02 Å². The molecule has 3 aliphatic heterocycles. The summed E-state index contributed by atoms with van der Waals surface area (Å²) in [6.07, 6.45) is 3.82. The topological polar surface area (TPSA) is 66.5 Å². The summed E-state index contributed by atoms with van der Waals surface area (Å²) in [7, 11) is 0. The lowest BCUT2D eigenvalue weighted by atomic mass is 9.62. The maximum atomic E-state index is 14.7. The van der Waals surface area contributed by atoms with Gasteiger partial charge in [-0.25, -0.2) is 0 Å². The Morgan fingerprint density at radius 2 is 1.49 bits per heavy atom. The number of para-hydroxylation sites is 1. The zero-order valence-corrected chi connectivity index (χ0v) is 21.5. The molecule has 4 atom stereocenters. The number of hydrogen-bond acceptors (Lipinski definition) is 4. The summed E-state index contributed by atoms with van der Waals surface area (Å²) >= 11 is 6.57. The van der Waals surface area contributed by atoms with Crippen molar-refractivity contribution in [1.82, 2.24) is 4.90 Å². The average molecular weight is 531 g/mol. The lowest BCUT2D eigenvalue weighted by Crippen LogP contribution is -2.49. The van der Waals surface area contributed by atoms with E-state index in [4.69, 9.17) is 11.6 Å². The number of halogens is 1. The molecular formula is C33H23ClN2O3. The summed E-state index contributed by atoms with van der Waals surface area (Å²) in [5.74, 6) is -1.89. The minimum absolute atomic E-state index is 0.218. The van der Waals surface area contributed by atoms with Gasteiger partial charge in [-0.1, -0.05) is 96.5 Å². The maximum Gasteiger partial charge on any atom is 0.238 e. The van der Waals surface area contributed by atoms with E-state index in [0.29, 0.717) is 22.4 Å². The Morgan fingerprint density at radius 3 is 2.31 bits per heavy atom. The van der Waals surface area contributed by atoms with Gasteiger partial charge in [0.25, 0.3) is 0 Å². The van der Waals surface area contributed by atoms with E-state index in [9.17, 15) is 14.4 Å². The first-order valence-corrected chi connectivity index (χ1v) is 13.2. The van der Waals surface area contributed by atoms with Crippen LogP contribution >= 0.6 is 11.6 Å². The highest BCUT2D eigenvalue weighted by Crippen LogP contribution is 2.62. The van der Waals surface area contributed by atoms with Crippen LogP contribution < -0.4 is 5.32 Å². The van der Waals surface area contributed by atoms with Crippen LogP contribution in [0.4, 0.5) is 5.69 Å². The van der Waals surface area contributed by atoms with Crippen molar-refractivity contribution in [3.8, 4) is 0 Å². The molecule has 3 heterocycles. The summed E-state index contributed by atoms with van der Waals surface area (Å²) < 4.78 is 0. The Morgan fingerprint density at radius 1 is 0.795 bits per heavy atom. The highest BCUT2D eigenvalue weighted by molar-refractivity contribution is 6.34. The molecule has 5 nitrogen and oxygen atoms in total. The molecule has 3 aliphatic rings. The third kappa shape index (κ3) is 3.23. The van der Waals surface area contributed by atoms with E-state index in [1.807, 2.05) is 71.8 Å². The van der Waals surface area contributed by atoms with Crippen molar-refractivity contribution in [2.24, 2.45) is 5.92 Å². The van der Waals surface area contributed by atoms with Crippen molar-refractivity contribution in [1.29, 1.82) is 0 Å². The van der Waals surface area contributed by atoms with Crippen LogP contribution in [0.15, 0.2) is 109 Å². The van der Waals surface area contributed by atoms with Crippen LogP contribution in [-0.2, 0) is 10.2 Å². The number of benzene rings is 4. The smallest absolute Gasteiger partial charge is 0.238 e. The molecule has 0 radical (unpaired) electrons. The Balaban J connectivity index is 1.56. The minimum atomic E-state index is -1.37. The van der Waals surface area contributed by atoms with Gasteiger partial charge in [-0.2, -0.15) is 0 Å². The second-order valence-corrected chi connectivity index (χ2v) is 10.6. The van der Waals surface area contributed by atoms with E-state index in [1.54, 1.807) is 48.5 Å². The Hall–Kier alpha value is -4.48. The van der Waals surface area contributed by atoms with Gasteiger partial charge in [0.2, 0.25) is 5.91 Å². The largest absolute Gasteiger partial charge is 0.358 e. The lowest BCUT2D eigenvalue weighted by molar-refractivity contribution is -0.122. The molecule has 0 aliphatic carbocycles. The van der Waals surface area contributed by atoms with Crippen LogP contribution in [0.5, 0.6) is 0 Å². The molecule has 39 heavy (non-hydrogen) atoms. The highest BCUT2D eigenvalue weighted by Gasteiger charge is 2.70. The van der Waals surface area contributed by atoms with E-state index < -0.39 is 23.4 Å². The van der Waals surface area contributed by atoms with Crippen LogP contribution in [0.3, 0.4) is 0 Å². The van der Waals surface area contributed by atoms with Crippen LogP contribution in [0.25, 0.3) is 6.08 Å². The van der Waals surface area contributed by atoms with E-state index in [2.05, 4.69) is 5.32 Å². The average Bonchev–Trinajstić information content (AvgIpc) is 3.45. The van der Waals surface area contributed by atoms with E-state index in [1.165, 1.54) is 0 Å². The second-order valence-electron chi connectivity index (χ2n) is 10.2. The Kier molecular flexibility index (Phi) is 5.32. The van der Waals surface area contributed by atoms with Crippen LogP contribution in [-0.4, -0.2) is 28.4 Å². The molecule has 1 amide bonds. The van der Waals surface area contributed by atoms with Gasteiger partial charge < -0.3 is 10.2 Å². The number of fused-ring (bicyclic) bond motifs is 6. The molecule has 190 valence electrons. The summed E-state index contributed by atoms with van der Waals surface area (Å²) in [4.78, 5) is 45.5. The maximum absolute atomic E-state index is 14.7. The van der Waals surface area contributed by atoms with E-state index in [0.717, 1.165) is 11.1 Å². The first kappa shape index (κ1) is 23.6. The summed E-state index contributed by atoms with van der Waals surface area (Å²) in [6.45, 7) is 0. The lowest BCUT2D eigenvalue weighted by Gasteiger charge is -2.38. The molecule has 4 aromatic carbocycles. The monoisotopic (exact) mass is 530 g/mol. The SMILES string of the molecule is O=C(c1ccccc1)[C@@H]1[C@H](C(=O)c2ccccc2Cl)[C@]2(C(=O)Nc3ccccc32)[C@H]2c3ccccc3C=CN12. The van der Waals surface area contributed by atoms with Crippen LogP contribution in [0, 0.1) is 5.92 Å². The molecule has 7 rings (SSSR count). The van der Waals surface area contributed by atoms with Crippen molar-refractivity contribution < 1.29 is 14.4 Å². The molecule has 6 heteroatoms. The number of hydrogen-bond donors (Lipinski definition) is 1. The van der Waals surface area contributed by atoms with Gasteiger partial charge in [-0.15, -0.1) is 0 Å². The van der Waals surface area contributed by atoms with Crippen molar-refractivity contribution in [3.05, 3.63) is 142 Å². The molecule has 1 fully saturated rings. The first-order chi connectivity index (χ1) is 19.0. The number of amides is 1. The summed E-state index contributed by atoms with van der Waals surface area (Å²) in [6, 6.07) is 29.6. The third-order valence-corrected chi connectivity index (χ3v) is 8.65. The van der Waals surface area contributed by atoms with Crippen molar-refractivity contribution in [2.75, 3.05) is 5.32 Å². The second kappa shape index (κ2) is 8.79. The number of Topliss-reactive ketones (excluding diaryl/α,β-unsaturated/α-hetero) is 2. The van der Waals surface area contributed by atoms with Crippen LogP contribution in [0.1, 0.15) is 43.4 Å². The quantitative estimate of drug-likeness (QED) is 0.313. The predicted octanol–water partition coefficient (Wildman–Crippen LogP) is 6.32. The van der Waals surface area contributed by atoms with E-state index >= 15 is 0 Å². The van der Waals surface area contributed by atoms with Crippen molar-refractivity contribution in [2.45, 2.75) is 17.5 Å². The zero-order chi connectivity index (χ0) is 26.7. The molecule has 4 aromatic rings. The number of nitrogens with zero attached hydrogens (tertiary/aromatic N) is 1. The van der Waals surface area contributed by atoms with Gasteiger partial charge in [0.15, 0.2) is 11.6 Å². The van der Waals surface area contributed by atoms with Gasteiger partial charge in [0.05, 0.1) is 17.0 Å². The number of anilines is 1. The summed E-state index contributed by atoms with van der Waals surface area (Å²) in [5, 5.41) is 3.35. The number of rotatable bonds is 4. The van der Waals surface area contributed by atoms with Crippen molar-refractivity contribution >= 4 is 40.8 Å². The fraction of sp³-hybridized carbons (Fsp3) is 0.121. The van der Waals surface area contributed by atoms with Gasteiger partial charge in [0, 0.05) is 23.0 Å². The predicted molar refractivity (Wildman–Crippen MR) is 151 cm³/mol. The Bertz CT molecular complexity index is 1700. The number of carbonyl (C=O) groups is 3.